The number of ether oxygens (including phenoxy) is 1. The third-order valence-corrected chi connectivity index (χ3v) is 4.94. The third-order valence-electron chi connectivity index (χ3n) is 3.58. The molecule has 0 amide bonds. The molecule has 8 nitrogen and oxygen atoms in total. The summed E-state index contributed by atoms with van der Waals surface area (Å²) in [5.74, 6) is -0.579. The first-order chi connectivity index (χ1) is 10.9. The maximum Gasteiger partial charge on any atom is 0.356 e. The number of benzene rings is 1. The van der Waals surface area contributed by atoms with Gasteiger partial charge in [0, 0.05) is 7.05 Å². The summed E-state index contributed by atoms with van der Waals surface area (Å²) in [5, 5.41) is 12.9. The van der Waals surface area contributed by atoms with E-state index in [1.807, 2.05) is 0 Å². The number of rotatable bonds is 4. The van der Waals surface area contributed by atoms with Crippen LogP contribution in [0.5, 0.6) is 5.75 Å². The second-order valence-electron chi connectivity index (χ2n) is 5.16. The molecular weight excluding hydrogens is 322 g/mol. The average Bonchev–Trinajstić information content (AvgIpc) is 2.86. The molecule has 1 aromatic carbocycles. The molecule has 0 aliphatic carbocycles. The Balaban J connectivity index is 1.95. The van der Waals surface area contributed by atoms with Gasteiger partial charge >= 0.3 is 5.97 Å². The summed E-state index contributed by atoms with van der Waals surface area (Å²) >= 11 is 0. The van der Waals surface area contributed by atoms with Gasteiger partial charge in [-0.25, -0.2) is 13.2 Å². The number of hydrogen-bond acceptors (Lipinski definition) is 5. The van der Waals surface area contributed by atoms with Crippen LogP contribution in [0.1, 0.15) is 22.5 Å². The molecule has 2 heterocycles. The summed E-state index contributed by atoms with van der Waals surface area (Å²) in [7, 11) is -2.48. The zero-order valence-corrected chi connectivity index (χ0v) is 13.1. The molecule has 23 heavy (non-hydrogen) atoms. The van der Waals surface area contributed by atoms with Crippen molar-refractivity contribution in [2.45, 2.75) is 17.7 Å². The molecule has 1 aliphatic rings. The molecular formula is C14H15N3O5S. The summed E-state index contributed by atoms with van der Waals surface area (Å²) < 4.78 is 33.8. The normalized spacial score (nSPS) is 14.0. The first-order valence-corrected chi connectivity index (χ1v) is 8.40. The molecule has 0 fully saturated rings. The van der Waals surface area contributed by atoms with Gasteiger partial charge in [0.25, 0.3) is 10.0 Å². The van der Waals surface area contributed by atoms with Crippen LogP contribution < -0.4 is 9.46 Å². The minimum atomic E-state index is -3.91. The second-order valence-corrected chi connectivity index (χ2v) is 6.85. The van der Waals surface area contributed by atoms with Crippen molar-refractivity contribution in [3.63, 3.8) is 0 Å². The SMILES string of the molecule is Cn1ncc(NS(=O)(=O)c2ccc3c(c2)CCCO3)c1C(=O)O. The maximum atomic E-state index is 12.5. The van der Waals surface area contributed by atoms with Gasteiger partial charge in [-0.1, -0.05) is 0 Å². The van der Waals surface area contributed by atoms with Gasteiger partial charge in [0.15, 0.2) is 5.69 Å². The lowest BCUT2D eigenvalue weighted by atomic mass is 10.1. The molecule has 0 atom stereocenters. The van der Waals surface area contributed by atoms with Gasteiger partial charge < -0.3 is 9.84 Å². The highest BCUT2D eigenvalue weighted by molar-refractivity contribution is 7.92. The molecule has 0 radical (unpaired) electrons. The molecule has 0 spiro atoms. The van der Waals surface area contributed by atoms with Crippen LogP contribution in [-0.2, 0) is 23.5 Å². The fourth-order valence-electron chi connectivity index (χ4n) is 2.47. The molecule has 2 aromatic rings. The van der Waals surface area contributed by atoms with E-state index in [0.717, 1.165) is 23.1 Å². The van der Waals surface area contributed by atoms with E-state index >= 15 is 0 Å². The largest absolute Gasteiger partial charge is 0.493 e. The minimum absolute atomic E-state index is 0.0574. The van der Waals surface area contributed by atoms with Crippen LogP contribution in [0.2, 0.25) is 0 Å². The smallest absolute Gasteiger partial charge is 0.356 e. The predicted molar refractivity (Wildman–Crippen MR) is 81.2 cm³/mol. The second kappa shape index (κ2) is 5.58. The molecule has 1 aliphatic heterocycles. The van der Waals surface area contributed by atoms with Crippen molar-refractivity contribution in [3.8, 4) is 5.75 Å². The summed E-state index contributed by atoms with van der Waals surface area (Å²) in [4.78, 5) is 11.3. The van der Waals surface area contributed by atoms with Crippen LogP contribution in [0.4, 0.5) is 5.69 Å². The molecule has 0 saturated heterocycles. The number of carboxylic acids is 1. The van der Waals surface area contributed by atoms with E-state index < -0.39 is 16.0 Å². The van der Waals surface area contributed by atoms with Crippen LogP contribution in [0, 0.1) is 0 Å². The Bertz CT molecular complexity index is 873. The van der Waals surface area contributed by atoms with Crippen molar-refractivity contribution in [2.24, 2.45) is 7.05 Å². The van der Waals surface area contributed by atoms with E-state index in [2.05, 4.69) is 9.82 Å². The quantitative estimate of drug-likeness (QED) is 0.868. The Kier molecular flexibility index (Phi) is 3.72. The number of carboxylic acid groups (broad SMARTS) is 1. The van der Waals surface area contributed by atoms with Crippen molar-refractivity contribution in [2.75, 3.05) is 11.3 Å². The van der Waals surface area contributed by atoms with Crippen molar-refractivity contribution in [3.05, 3.63) is 35.7 Å². The number of fused-ring (bicyclic) bond motifs is 1. The van der Waals surface area contributed by atoms with Crippen LogP contribution in [0.25, 0.3) is 0 Å². The van der Waals surface area contributed by atoms with Gasteiger partial charge in [-0.05, 0) is 36.6 Å². The lowest BCUT2D eigenvalue weighted by Crippen LogP contribution is -2.17. The molecule has 9 heteroatoms. The van der Waals surface area contributed by atoms with Crippen LogP contribution in [-0.4, -0.2) is 35.9 Å². The molecule has 0 bridgehead atoms. The molecule has 1 aromatic heterocycles. The highest BCUT2D eigenvalue weighted by Gasteiger charge is 2.23. The Morgan fingerprint density at radius 3 is 2.96 bits per heavy atom. The molecule has 122 valence electrons. The van der Waals surface area contributed by atoms with E-state index in [1.54, 1.807) is 12.1 Å². The van der Waals surface area contributed by atoms with Crippen molar-refractivity contribution < 1.29 is 23.1 Å². The summed E-state index contributed by atoms with van der Waals surface area (Å²) in [6.45, 7) is 0.620. The van der Waals surface area contributed by atoms with Crippen molar-refractivity contribution in [1.29, 1.82) is 0 Å². The Hall–Kier alpha value is -2.55. The molecule has 3 rings (SSSR count). The van der Waals surface area contributed by atoms with E-state index in [9.17, 15) is 13.2 Å². The fourth-order valence-corrected chi connectivity index (χ4v) is 3.57. The summed E-state index contributed by atoms with van der Waals surface area (Å²) in [6.07, 6.45) is 2.74. The number of nitrogens with one attached hydrogen (secondary N) is 1. The Morgan fingerprint density at radius 2 is 2.22 bits per heavy atom. The van der Waals surface area contributed by atoms with Gasteiger partial charge in [-0.2, -0.15) is 5.10 Å². The Morgan fingerprint density at radius 1 is 1.43 bits per heavy atom. The van der Waals surface area contributed by atoms with Gasteiger partial charge in [0.2, 0.25) is 0 Å². The van der Waals surface area contributed by atoms with Gasteiger partial charge in [-0.3, -0.25) is 9.40 Å². The average molecular weight is 337 g/mol. The van der Waals surface area contributed by atoms with Gasteiger partial charge in [-0.15, -0.1) is 0 Å². The van der Waals surface area contributed by atoms with Crippen LogP contribution >= 0.6 is 0 Å². The first kappa shape index (κ1) is 15.3. The standard InChI is InChI=1S/C14H15N3O5S/c1-17-13(14(18)19)11(8-15-17)16-23(20,21)10-4-5-12-9(7-10)3-2-6-22-12/h4-5,7-8,16H,2-3,6H2,1H3,(H,18,19). The van der Waals surface area contributed by atoms with E-state index in [4.69, 9.17) is 9.84 Å². The fraction of sp³-hybridized carbons (Fsp3) is 0.286. The predicted octanol–water partition coefficient (Wildman–Crippen LogP) is 1.24. The van der Waals surface area contributed by atoms with E-state index in [1.165, 1.54) is 19.3 Å². The summed E-state index contributed by atoms with van der Waals surface area (Å²) in [5.41, 5.74) is 0.521. The highest BCUT2D eigenvalue weighted by atomic mass is 32.2. The van der Waals surface area contributed by atoms with Crippen molar-refractivity contribution >= 4 is 21.7 Å². The van der Waals surface area contributed by atoms with Crippen LogP contribution in [0.15, 0.2) is 29.3 Å². The maximum absolute atomic E-state index is 12.5. The van der Waals surface area contributed by atoms with Gasteiger partial charge in [0.05, 0.1) is 17.7 Å². The number of aromatic carboxylic acids is 1. The number of aryl methyl sites for hydroxylation is 2. The minimum Gasteiger partial charge on any atom is -0.493 e. The zero-order valence-electron chi connectivity index (χ0n) is 12.3. The van der Waals surface area contributed by atoms with E-state index in [-0.39, 0.29) is 16.3 Å². The Labute approximate surface area is 132 Å². The number of anilines is 1. The monoisotopic (exact) mass is 337 g/mol. The number of nitrogens with zero attached hydrogens (tertiary/aromatic N) is 2. The molecule has 2 N–H and O–H groups in total. The first-order valence-electron chi connectivity index (χ1n) is 6.92. The number of aromatic nitrogens is 2. The number of carbonyl (C=O) groups is 1. The van der Waals surface area contributed by atoms with E-state index in [0.29, 0.717) is 12.4 Å². The zero-order chi connectivity index (χ0) is 16.6. The molecule has 0 saturated carbocycles. The summed E-state index contributed by atoms with van der Waals surface area (Å²) in [6, 6.07) is 4.60. The lowest BCUT2D eigenvalue weighted by Gasteiger charge is -2.18. The third kappa shape index (κ3) is 2.87. The topological polar surface area (TPSA) is 111 Å². The highest BCUT2D eigenvalue weighted by Crippen LogP contribution is 2.28. The van der Waals surface area contributed by atoms with Crippen molar-refractivity contribution in [1.82, 2.24) is 9.78 Å². The number of hydrogen-bond donors (Lipinski definition) is 2. The van der Waals surface area contributed by atoms with Gasteiger partial charge in [0.1, 0.15) is 11.4 Å². The number of sulfonamides is 1. The van der Waals surface area contributed by atoms with Crippen LogP contribution in [0.3, 0.4) is 0 Å². The lowest BCUT2D eigenvalue weighted by molar-refractivity contribution is 0.0686. The molecule has 0 unspecified atom stereocenters.